The molecule has 1 aromatic carbocycles. The number of nitrogens with one attached hydrogen (secondary N) is 1. The number of hydrogen-bond acceptors (Lipinski definition) is 3. The van der Waals surface area contributed by atoms with Crippen molar-refractivity contribution in [2.45, 2.75) is 26.8 Å². The molecule has 1 saturated heterocycles. The van der Waals surface area contributed by atoms with Crippen molar-refractivity contribution in [3.63, 3.8) is 0 Å². The van der Waals surface area contributed by atoms with E-state index in [0.29, 0.717) is 13.1 Å². The zero-order chi connectivity index (χ0) is 13.3. The number of carbonyl (C=O) groups excluding carboxylic acids is 1. The number of amides is 1. The Morgan fingerprint density at radius 1 is 1.33 bits per heavy atom. The number of anilines is 1. The molecule has 0 aliphatic carbocycles. The van der Waals surface area contributed by atoms with Crippen molar-refractivity contribution in [2.24, 2.45) is 5.73 Å². The molecule has 1 amide bonds. The van der Waals surface area contributed by atoms with E-state index in [2.05, 4.69) is 43.1 Å². The predicted molar refractivity (Wildman–Crippen MR) is 73.9 cm³/mol. The summed E-state index contributed by atoms with van der Waals surface area (Å²) in [5.74, 6) is 0.0307. The zero-order valence-electron chi connectivity index (χ0n) is 11.3. The Labute approximate surface area is 108 Å². The molecule has 0 spiro atoms. The minimum absolute atomic E-state index is 0.0307. The van der Waals surface area contributed by atoms with E-state index in [-0.39, 0.29) is 11.9 Å². The van der Waals surface area contributed by atoms with Crippen molar-refractivity contribution in [1.29, 1.82) is 0 Å². The maximum absolute atomic E-state index is 11.9. The van der Waals surface area contributed by atoms with Gasteiger partial charge in [0.2, 0.25) is 5.91 Å². The van der Waals surface area contributed by atoms with Gasteiger partial charge >= 0.3 is 0 Å². The average Bonchev–Trinajstić information content (AvgIpc) is 2.27. The van der Waals surface area contributed by atoms with Crippen LogP contribution >= 0.6 is 0 Å². The summed E-state index contributed by atoms with van der Waals surface area (Å²) < 4.78 is 0. The molecule has 1 heterocycles. The maximum atomic E-state index is 11.9. The van der Waals surface area contributed by atoms with Gasteiger partial charge in [-0.1, -0.05) is 17.7 Å². The van der Waals surface area contributed by atoms with Crippen molar-refractivity contribution in [3.05, 3.63) is 28.8 Å². The van der Waals surface area contributed by atoms with Gasteiger partial charge in [0.25, 0.3) is 0 Å². The second-order valence-corrected chi connectivity index (χ2v) is 4.98. The largest absolute Gasteiger partial charge is 0.356 e. The third-order valence-corrected chi connectivity index (χ3v) is 3.48. The highest BCUT2D eigenvalue weighted by molar-refractivity contribution is 5.87. The summed E-state index contributed by atoms with van der Waals surface area (Å²) in [6.45, 7) is 8.12. The molecule has 0 saturated carbocycles. The number of nitrogens with two attached hydrogens (primary N) is 1. The monoisotopic (exact) mass is 247 g/mol. The van der Waals surface area contributed by atoms with Crippen molar-refractivity contribution >= 4 is 11.6 Å². The van der Waals surface area contributed by atoms with Gasteiger partial charge in [-0.25, -0.2) is 0 Å². The minimum Gasteiger partial charge on any atom is -0.356 e. The fourth-order valence-corrected chi connectivity index (χ4v) is 2.84. The first kappa shape index (κ1) is 12.9. The molecule has 1 atom stereocenters. The van der Waals surface area contributed by atoms with Crippen LogP contribution in [-0.4, -0.2) is 31.6 Å². The molecule has 0 radical (unpaired) electrons. The van der Waals surface area contributed by atoms with Crippen LogP contribution in [0.2, 0.25) is 0 Å². The molecule has 0 aromatic heterocycles. The predicted octanol–water partition coefficient (Wildman–Crippen LogP) is 0.875. The van der Waals surface area contributed by atoms with E-state index < -0.39 is 0 Å². The number of nitrogens with zero attached hydrogens (tertiary/aromatic N) is 1. The van der Waals surface area contributed by atoms with E-state index in [1.165, 1.54) is 16.7 Å². The van der Waals surface area contributed by atoms with Gasteiger partial charge in [0, 0.05) is 25.3 Å². The van der Waals surface area contributed by atoms with Crippen LogP contribution in [0, 0.1) is 20.8 Å². The van der Waals surface area contributed by atoms with Gasteiger partial charge in [0.1, 0.15) is 6.04 Å². The van der Waals surface area contributed by atoms with Gasteiger partial charge in [-0.15, -0.1) is 0 Å². The molecule has 18 heavy (non-hydrogen) atoms. The zero-order valence-corrected chi connectivity index (χ0v) is 11.3. The van der Waals surface area contributed by atoms with Gasteiger partial charge in [0.15, 0.2) is 0 Å². The molecular weight excluding hydrogens is 226 g/mol. The van der Waals surface area contributed by atoms with Crippen LogP contribution in [0.5, 0.6) is 0 Å². The van der Waals surface area contributed by atoms with Gasteiger partial charge < -0.3 is 16.0 Å². The summed E-state index contributed by atoms with van der Waals surface area (Å²) in [6.07, 6.45) is 0. The number of piperazine rings is 1. The Hall–Kier alpha value is -1.55. The summed E-state index contributed by atoms with van der Waals surface area (Å²) in [5.41, 5.74) is 10.6. The maximum Gasteiger partial charge on any atom is 0.244 e. The number of carbonyl (C=O) groups is 1. The molecule has 1 unspecified atom stereocenters. The lowest BCUT2D eigenvalue weighted by molar-refractivity contribution is -0.123. The third kappa shape index (κ3) is 2.20. The van der Waals surface area contributed by atoms with Crippen molar-refractivity contribution in [3.8, 4) is 0 Å². The Morgan fingerprint density at radius 2 is 1.94 bits per heavy atom. The van der Waals surface area contributed by atoms with Crippen LogP contribution in [-0.2, 0) is 4.79 Å². The van der Waals surface area contributed by atoms with Gasteiger partial charge in [-0.3, -0.25) is 4.79 Å². The second kappa shape index (κ2) is 4.98. The van der Waals surface area contributed by atoms with Crippen molar-refractivity contribution < 1.29 is 4.79 Å². The van der Waals surface area contributed by atoms with E-state index in [9.17, 15) is 4.79 Å². The summed E-state index contributed by atoms with van der Waals surface area (Å²) in [4.78, 5) is 14.0. The second-order valence-electron chi connectivity index (χ2n) is 4.98. The first-order valence-electron chi connectivity index (χ1n) is 6.37. The van der Waals surface area contributed by atoms with E-state index in [1.807, 2.05) is 0 Å². The molecular formula is C14H21N3O. The molecule has 4 heteroatoms. The molecule has 3 N–H and O–H groups in total. The fraction of sp³-hybridized carbons (Fsp3) is 0.500. The Kier molecular flexibility index (Phi) is 3.57. The van der Waals surface area contributed by atoms with Crippen LogP contribution < -0.4 is 16.0 Å². The Balaban J connectivity index is 2.43. The normalized spacial score (nSPS) is 19.9. The van der Waals surface area contributed by atoms with Crippen LogP contribution in [0.4, 0.5) is 5.69 Å². The lowest BCUT2D eigenvalue weighted by atomic mass is 10.0. The van der Waals surface area contributed by atoms with Gasteiger partial charge in [-0.2, -0.15) is 0 Å². The number of hydrogen-bond donors (Lipinski definition) is 2. The lowest BCUT2D eigenvalue weighted by Crippen LogP contribution is -2.58. The van der Waals surface area contributed by atoms with E-state index in [0.717, 1.165) is 12.2 Å². The highest BCUT2D eigenvalue weighted by atomic mass is 16.2. The van der Waals surface area contributed by atoms with Crippen molar-refractivity contribution in [2.75, 3.05) is 24.5 Å². The summed E-state index contributed by atoms with van der Waals surface area (Å²) in [6, 6.07) is 4.06. The van der Waals surface area contributed by atoms with E-state index in [4.69, 9.17) is 5.73 Å². The van der Waals surface area contributed by atoms with Crippen LogP contribution in [0.15, 0.2) is 12.1 Å². The minimum atomic E-state index is -0.251. The topological polar surface area (TPSA) is 58.4 Å². The first-order valence-corrected chi connectivity index (χ1v) is 6.37. The number of benzene rings is 1. The summed E-state index contributed by atoms with van der Waals surface area (Å²) in [5, 5.41) is 2.87. The van der Waals surface area contributed by atoms with Crippen LogP contribution in [0.3, 0.4) is 0 Å². The lowest BCUT2D eigenvalue weighted by Gasteiger charge is -2.38. The average molecular weight is 247 g/mol. The number of aryl methyl sites for hydroxylation is 3. The SMILES string of the molecule is Cc1cc(C)c(N2CCNC(=O)C2CN)c(C)c1. The van der Waals surface area contributed by atoms with Gasteiger partial charge in [0.05, 0.1) is 0 Å². The van der Waals surface area contributed by atoms with Crippen LogP contribution in [0.1, 0.15) is 16.7 Å². The molecule has 98 valence electrons. The highest BCUT2D eigenvalue weighted by Crippen LogP contribution is 2.28. The molecule has 0 bridgehead atoms. The Morgan fingerprint density at radius 3 is 2.50 bits per heavy atom. The first-order chi connectivity index (χ1) is 8.54. The highest BCUT2D eigenvalue weighted by Gasteiger charge is 2.30. The smallest absolute Gasteiger partial charge is 0.244 e. The Bertz CT molecular complexity index is 447. The van der Waals surface area contributed by atoms with Crippen LogP contribution in [0.25, 0.3) is 0 Å². The molecule has 1 aliphatic heterocycles. The van der Waals surface area contributed by atoms with E-state index >= 15 is 0 Å². The fourth-order valence-electron chi connectivity index (χ4n) is 2.84. The van der Waals surface area contributed by atoms with Gasteiger partial charge in [-0.05, 0) is 31.9 Å². The van der Waals surface area contributed by atoms with E-state index in [1.54, 1.807) is 0 Å². The molecule has 1 aromatic rings. The quantitative estimate of drug-likeness (QED) is 0.815. The molecule has 1 aliphatic rings. The molecule has 2 rings (SSSR count). The standard InChI is InChI=1S/C14H21N3O/c1-9-6-10(2)13(11(3)7-9)17-5-4-16-14(18)12(17)8-15/h6-7,12H,4-5,8,15H2,1-3H3,(H,16,18). The third-order valence-electron chi connectivity index (χ3n) is 3.48. The summed E-state index contributed by atoms with van der Waals surface area (Å²) >= 11 is 0. The number of rotatable bonds is 2. The molecule has 4 nitrogen and oxygen atoms in total. The van der Waals surface area contributed by atoms with Crippen molar-refractivity contribution in [1.82, 2.24) is 5.32 Å². The molecule has 1 fully saturated rings. The summed E-state index contributed by atoms with van der Waals surface area (Å²) in [7, 11) is 0.